The molecule has 2 heteroatoms. The molecular formula is C16H20N2. The van der Waals surface area contributed by atoms with Crippen LogP contribution in [0.5, 0.6) is 0 Å². The number of aromatic nitrogens is 2. The summed E-state index contributed by atoms with van der Waals surface area (Å²) in [4.78, 5) is 0. The van der Waals surface area contributed by atoms with Crippen molar-refractivity contribution < 1.29 is 0 Å². The van der Waals surface area contributed by atoms with Gasteiger partial charge >= 0.3 is 0 Å². The van der Waals surface area contributed by atoms with Gasteiger partial charge in [0.25, 0.3) is 0 Å². The van der Waals surface area contributed by atoms with Gasteiger partial charge in [-0.15, -0.1) is 0 Å². The van der Waals surface area contributed by atoms with Crippen LogP contribution in [0.2, 0.25) is 0 Å². The van der Waals surface area contributed by atoms with E-state index in [0.717, 1.165) is 17.8 Å². The van der Waals surface area contributed by atoms with Crippen LogP contribution in [0.3, 0.4) is 0 Å². The SMILES string of the molecule is C=C(C)c1nn(CC2(C)CCC2)c2ccccc12. The molecule has 3 rings (SSSR count). The Kier molecular flexibility index (Phi) is 2.54. The number of fused-ring (bicyclic) bond motifs is 1. The lowest BCUT2D eigenvalue weighted by atomic mass is 9.70. The van der Waals surface area contributed by atoms with Gasteiger partial charge in [-0.25, -0.2) is 0 Å². The van der Waals surface area contributed by atoms with Gasteiger partial charge in [0.05, 0.1) is 11.2 Å². The van der Waals surface area contributed by atoms with Crippen molar-refractivity contribution >= 4 is 16.5 Å². The van der Waals surface area contributed by atoms with Crippen LogP contribution in [0.25, 0.3) is 16.5 Å². The summed E-state index contributed by atoms with van der Waals surface area (Å²) in [6.45, 7) is 9.47. The van der Waals surface area contributed by atoms with E-state index in [1.807, 2.05) is 6.92 Å². The normalized spacial score (nSPS) is 17.7. The number of allylic oxidation sites excluding steroid dienone is 1. The molecular weight excluding hydrogens is 220 g/mol. The molecule has 0 radical (unpaired) electrons. The van der Waals surface area contributed by atoms with Gasteiger partial charge in [0.2, 0.25) is 0 Å². The van der Waals surface area contributed by atoms with E-state index in [0.29, 0.717) is 5.41 Å². The van der Waals surface area contributed by atoms with E-state index in [1.165, 1.54) is 30.2 Å². The first-order valence-corrected chi connectivity index (χ1v) is 6.71. The Labute approximate surface area is 108 Å². The highest BCUT2D eigenvalue weighted by atomic mass is 15.3. The molecule has 18 heavy (non-hydrogen) atoms. The zero-order valence-electron chi connectivity index (χ0n) is 11.2. The highest BCUT2D eigenvalue weighted by Crippen LogP contribution is 2.42. The number of benzene rings is 1. The maximum absolute atomic E-state index is 4.77. The first-order valence-electron chi connectivity index (χ1n) is 6.71. The van der Waals surface area contributed by atoms with Gasteiger partial charge in [0.15, 0.2) is 0 Å². The van der Waals surface area contributed by atoms with E-state index >= 15 is 0 Å². The van der Waals surface area contributed by atoms with Crippen LogP contribution in [0, 0.1) is 5.41 Å². The van der Waals surface area contributed by atoms with Crippen LogP contribution < -0.4 is 0 Å². The largest absolute Gasteiger partial charge is 0.264 e. The van der Waals surface area contributed by atoms with Crippen LogP contribution in [0.1, 0.15) is 38.8 Å². The van der Waals surface area contributed by atoms with Gasteiger partial charge in [-0.1, -0.05) is 38.1 Å². The van der Waals surface area contributed by atoms with E-state index < -0.39 is 0 Å². The molecule has 0 N–H and O–H groups in total. The Morgan fingerprint density at radius 3 is 2.72 bits per heavy atom. The van der Waals surface area contributed by atoms with Gasteiger partial charge in [-0.05, 0) is 36.8 Å². The zero-order chi connectivity index (χ0) is 12.8. The first-order chi connectivity index (χ1) is 8.59. The second-order valence-corrected chi connectivity index (χ2v) is 5.97. The fourth-order valence-electron chi connectivity index (χ4n) is 2.86. The Bertz CT molecular complexity index is 603. The van der Waals surface area contributed by atoms with E-state index in [1.54, 1.807) is 0 Å². The standard InChI is InChI=1S/C16H20N2/c1-12(2)15-13-7-4-5-8-14(13)18(17-15)11-16(3)9-6-10-16/h4-5,7-8H,1,6,9-11H2,2-3H3. The van der Waals surface area contributed by atoms with Crippen molar-refractivity contribution in [2.45, 2.75) is 39.7 Å². The van der Waals surface area contributed by atoms with Gasteiger partial charge in [0.1, 0.15) is 0 Å². The van der Waals surface area contributed by atoms with Crippen molar-refractivity contribution in [2.75, 3.05) is 0 Å². The molecule has 0 atom stereocenters. The maximum atomic E-state index is 4.77. The van der Waals surface area contributed by atoms with Gasteiger partial charge in [-0.3, -0.25) is 4.68 Å². The fraction of sp³-hybridized carbons (Fsp3) is 0.438. The van der Waals surface area contributed by atoms with E-state index in [-0.39, 0.29) is 0 Å². The molecule has 0 saturated heterocycles. The number of rotatable bonds is 3. The molecule has 2 nitrogen and oxygen atoms in total. The summed E-state index contributed by atoms with van der Waals surface area (Å²) in [5.74, 6) is 0. The van der Waals surface area contributed by atoms with Crippen LogP contribution >= 0.6 is 0 Å². The lowest BCUT2D eigenvalue weighted by Crippen LogP contribution is -2.31. The third-order valence-corrected chi connectivity index (χ3v) is 4.15. The quantitative estimate of drug-likeness (QED) is 0.783. The number of para-hydroxylation sites is 1. The molecule has 1 aliphatic rings. The van der Waals surface area contributed by atoms with Crippen molar-refractivity contribution in [3.63, 3.8) is 0 Å². The molecule has 0 spiro atoms. The molecule has 0 unspecified atom stereocenters. The molecule has 0 aliphatic heterocycles. The molecule has 1 aromatic carbocycles. The summed E-state index contributed by atoms with van der Waals surface area (Å²) < 4.78 is 2.18. The highest BCUT2D eigenvalue weighted by molar-refractivity contribution is 5.89. The van der Waals surface area contributed by atoms with Crippen molar-refractivity contribution in [3.05, 3.63) is 36.5 Å². The predicted octanol–water partition coefficient (Wildman–Crippen LogP) is 4.26. The molecule has 1 aromatic heterocycles. The van der Waals surface area contributed by atoms with E-state index in [9.17, 15) is 0 Å². The summed E-state index contributed by atoms with van der Waals surface area (Å²) in [5, 5.41) is 6.00. The minimum atomic E-state index is 0.446. The van der Waals surface area contributed by atoms with Gasteiger partial charge in [-0.2, -0.15) is 5.10 Å². The minimum absolute atomic E-state index is 0.446. The maximum Gasteiger partial charge on any atom is 0.0952 e. The molecule has 0 amide bonds. The van der Waals surface area contributed by atoms with Crippen LogP contribution in [0.15, 0.2) is 30.8 Å². The molecule has 0 bridgehead atoms. The third-order valence-electron chi connectivity index (χ3n) is 4.15. The van der Waals surface area contributed by atoms with Crippen molar-refractivity contribution in [1.82, 2.24) is 9.78 Å². The van der Waals surface area contributed by atoms with Crippen molar-refractivity contribution in [1.29, 1.82) is 0 Å². The number of hydrogen-bond acceptors (Lipinski definition) is 1. The lowest BCUT2D eigenvalue weighted by Gasteiger charge is -2.38. The third kappa shape index (κ3) is 1.76. The van der Waals surface area contributed by atoms with Gasteiger partial charge in [0, 0.05) is 11.9 Å². The molecule has 2 aromatic rings. The van der Waals surface area contributed by atoms with Crippen molar-refractivity contribution in [3.8, 4) is 0 Å². The van der Waals surface area contributed by atoms with Crippen molar-refractivity contribution in [2.24, 2.45) is 5.41 Å². The Morgan fingerprint density at radius 1 is 1.39 bits per heavy atom. The molecule has 1 fully saturated rings. The Morgan fingerprint density at radius 2 is 2.11 bits per heavy atom. The minimum Gasteiger partial charge on any atom is -0.264 e. The van der Waals surface area contributed by atoms with Crippen LogP contribution in [0.4, 0.5) is 0 Å². The summed E-state index contributed by atoms with van der Waals surface area (Å²) in [5.41, 5.74) is 3.78. The number of nitrogens with zero attached hydrogens (tertiary/aromatic N) is 2. The summed E-state index contributed by atoms with van der Waals surface area (Å²) >= 11 is 0. The molecule has 94 valence electrons. The summed E-state index contributed by atoms with van der Waals surface area (Å²) in [6, 6.07) is 8.47. The Hall–Kier alpha value is -1.57. The second-order valence-electron chi connectivity index (χ2n) is 5.97. The van der Waals surface area contributed by atoms with Gasteiger partial charge < -0.3 is 0 Å². The summed E-state index contributed by atoms with van der Waals surface area (Å²) in [7, 11) is 0. The number of hydrogen-bond donors (Lipinski definition) is 0. The zero-order valence-corrected chi connectivity index (χ0v) is 11.2. The van der Waals surface area contributed by atoms with Crippen LogP contribution in [-0.2, 0) is 6.54 Å². The molecule has 1 aliphatic carbocycles. The van der Waals surface area contributed by atoms with E-state index in [2.05, 4.69) is 42.4 Å². The smallest absolute Gasteiger partial charge is 0.0952 e. The van der Waals surface area contributed by atoms with Crippen LogP contribution in [-0.4, -0.2) is 9.78 Å². The highest BCUT2D eigenvalue weighted by Gasteiger charge is 2.33. The second kappa shape index (κ2) is 3.98. The lowest BCUT2D eigenvalue weighted by molar-refractivity contribution is 0.128. The molecule has 1 heterocycles. The topological polar surface area (TPSA) is 17.8 Å². The Balaban J connectivity index is 2.08. The monoisotopic (exact) mass is 240 g/mol. The molecule has 1 saturated carbocycles. The predicted molar refractivity (Wildman–Crippen MR) is 76.4 cm³/mol. The average molecular weight is 240 g/mol. The fourth-order valence-corrected chi connectivity index (χ4v) is 2.86. The summed E-state index contributed by atoms with van der Waals surface area (Å²) in [6.07, 6.45) is 4.01. The average Bonchev–Trinajstić information content (AvgIpc) is 2.67. The first kappa shape index (κ1) is 11.5. The van der Waals surface area contributed by atoms with E-state index in [4.69, 9.17) is 5.10 Å².